The van der Waals surface area contributed by atoms with E-state index in [-0.39, 0.29) is 0 Å². The van der Waals surface area contributed by atoms with E-state index < -0.39 is 0 Å². The Bertz CT molecular complexity index is 44.9. The molecule has 1 N–H and O–H groups in total. The molecule has 0 fully saturated rings. The zero-order valence-electron chi connectivity index (χ0n) is 2.90. The highest BCUT2D eigenvalue weighted by atomic mass is 16.5. The number of rotatable bonds is 0. The van der Waals surface area contributed by atoms with E-state index in [4.69, 9.17) is 4.74 Å². The van der Waals surface area contributed by atoms with Crippen molar-refractivity contribution in [2.45, 2.75) is 0 Å². The van der Waals surface area contributed by atoms with Crippen LogP contribution in [-0.2, 0) is 4.74 Å². The second kappa shape index (κ2) is 1.17. The maximum Gasteiger partial charge on any atom is 0.245 e. The maximum atomic E-state index is 4.78. The van der Waals surface area contributed by atoms with Gasteiger partial charge in [-0.3, -0.25) is 0 Å². The van der Waals surface area contributed by atoms with Crippen LogP contribution in [0.4, 0.5) is 0 Å². The highest BCUT2D eigenvalue weighted by Gasteiger charge is 1.91. The van der Waals surface area contributed by atoms with Crippen molar-refractivity contribution in [3.8, 4) is 0 Å². The van der Waals surface area contributed by atoms with Gasteiger partial charge in [0.05, 0.1) is 0 Å². The summed E-state index contributed by atoms with van der Waals surface area (Å²) < 4.78 is 4.78. The number of hydrogen-bond donors (Lipinski definition) is 1. The first-order valence-corrected chi connectivity index (χ1v) is 1.63. The molecular weight excluding hydrogens is 66.0 g/mol. The number of ether oxygens (including phenoxy) is 1. The van der Waals surface area contributed by atoms with Crippen LogP contribution in [0.25, 0.3) is 0 Å². The smallest absolute Gasteiger partial charge is 0.245 e. The standard InChI is InChI=1S/C3H5NO/c1-2-5-3-4-1/h1H,2-3H2/p+1. The van der Waals surface area contributed by atoms with Gasteiger partial charge in [-0.15, -0.1) is 0 Å². The third-order valence-electron chi connectivity index (χ3n) is 0.531. The Morgan fingerprint density at radius 3 is 3.00 bits per heavy atom. The zero-order valence-corrected chi connectivity index (χ0v) is 2.90. The highest BCUT2D eigenvalue weighted by Crippen LogP contribution is 1.58. The molecule has 0 bridgehead atoms. The van der Waals surface area contributed by atoms with Gasteiger partial charge in [0.15, 0.2) is 6.21 Å². The Morgan fingerprint density at radius 2 is 2.80 bits per heavy atom. The molecule has 0 aromatic rings. The van der Waals surface area contributed by atoms with Crippen LogP contribution in [0.15, 0.2) is 0 Å². The van der Waals surface area contributed by atoms with Gasteiger partial charge in [-0.1, -0.05) is 0 Å². The Kier molecular flexibility index (Phi) is 0.667. The molecule has 0 radical (unpaired) electrons. The minimum absolute atomic E-state index is 0.694. The average molecular weight is 72.1 g/mol. The third kappa shape index (κ3) is 0.450. The molecule has 0 amide bonds. The lowest BCUT2D eigenvalue weighted by Crippen LogP contribution is -2.65. The largest absolute Gasteiger partial charge is 0.313 e. The van der Waals surface area contributed by atoms with E-state index in [9.17, 15) is 0 Å². The molecule has 0 aliphatic carbocycles. The fourth-order valence-electron chi connectivity index (χ4n) is 0.295. The molecule has 0 spiro atoms. The highest BCUT2D eigenvalue weighted by molar-refractivity contribution is 5.51. The van der Waals surface area contributed by atoms with Crippen LogP contribution in [-0.4, -0.2) is 19.6 Å². The van der Waals surface area contributed by atoms with Crippen molar-refractivity contribution in [2.75, 3.05) is 13.3 Å². The van der Waals surface area contributed by atoms with Gasteiger partial charge in [0, 0.05) is 0 Å². The first-order chi connectivity index (χ1) is 2.50. The Balaban J connectivity index is 2.32. The lowest BCUT2D eigenvalue weighted by atomic mass is 10.8. The van der Waals surface area contributed by atoms with Gasteiger partial charge in [0.1, 0.15) is 6.61 Å². The molecular formula is C3H6NO+. The molecule has 0 saturated heterocycles. The molecule has 1 heterocycles. The van der Waals surface area contributed by atoms with Crippen LogP contribution in [0.3, 0.4) is 0 Å². The van der Waals surface area contributed by atoms with E-state index in [1.165, 1.54) is 0 Å². The third-order valence-corrected chi connectivity index (χ3v) is 0.531. The fourth-order valence-corrected chi connectivity index (χ4v) is 0.295. The summed E-state index contributed by atoms with van der Waals surface area (Å²) >= 11 is 0. The van der Waals surface area contributed by atoms with Crippen LogP contribution >= 0.6 is 0 Å². The quantitative estimate of drug-likeness (QED) is 0.356. The van der Waals surface area contributed by atoms with Crippen LogP contribution < -0.4 is 4.99 Å². The van der Waals surface area contributed by atoms with Gasteiger partial charge in [0.2, 0.25) is 6.73 Å². The predicted octanol–water partition coefficient (Wildman–Crippen LogP) is -1.87. The molecule has 1 aliphatic heterocycles. The van der Waals surface area contributed by atoms with Gasteiger partial charge in [-0.2, -0.15) is 0 Å². The summed E-state index contributed by atoms with van der Waals surface area (Å²) in [6.45, 7) is 1.46. The van der Waals surface area contributed by atoms with Crippen molar-refractivity contribution in [2.24, 2.45) is 0 Å². The zero-order chi connectivity index (χ0) is 3.54. The summed E-state index contributed by atoms with van der Waals surface area (Å²) in [5.41, 5.74) is 0. The lowest BCUT2D eigenvalue weighted by Gasteiger charge is -1.69. The van der Waals surface area contributed by atoms with E-state index in [1.54, 1.807) is 0 Å². The number of hydrogen-bond acceptors (Lipinski definition) is 1. The Labute approximate surface area is 30.5 Å². The predicted molar refractivity (Wildman–Crippen MR) is 17.8 cm³/mol. The van der Waals surface area contributed by atoms with Gasteiger partial charge < -0.3 is 4.74 Å². The second-order valence-corrected chi connectivity index (χ2v) is 0.923. The summed E-state index contributed by atoms with van der Waals surface area (Å²) in [6.07, 6.45) is 1.89. The monoisotopic (exact) mass is 72.0 g/mol. The first-order valence-electron chi connectivity index (χ1n) is 1.63. The van der Waals surface area contributed by atoms with Crippen LogP contribution in [0.2, 0.25) is 0 Å². The van der Waals surface area contributed by atoms with Crippen molar-refractivity contribution < 1.29 is 9.73 Å². The van der Waals surface area contributed by atoms with E-state index >= 15 is 0 Å². The summed E-state index contributed by atoms with van der Waals surface area (Å²) in [4.78, 5) is 2.88. The molecule has 2 heteroatoms. The lowest BCUT2D eigenvalue weighted by molar-refractivity contribution is -0.482. The minimum atomic E-state index is 0.694. The second-order valence-electron chi connectivity index (χ2n) is 0.923. The fraction of sp³-hybridized carbons (Fsp3) is 0.667. The van der Waals surface area contributed by atoms with Gasteiger partial charge in [-0.25, -0.2) is 4.99 Å². The van der Waals surface area contributed by atoms with E-state index in [1.807, 2.05) is 6.21 Å². The van der Waals surface area contributed by atoms with E-state index in [0.29, 0.717) is 6.73 Å². The van der Waals surface area contributed by atoms with Crippen molar-refractivity contribution in [1.29, 1.82) is 0 Å². The molecule has 0 atom stereocenters. The maximum absolute atomic E-state index is 4.78. The topological polar surface area (TPSA) is 23.2 Å². The molecule has 2 nitrogen and oxygen atoms in total. The van der Waals surface area contributed by atoms with Crippen LogP contribution in [0.5, 0.6) is 0 Å². The van der Waals surface area contributed by atoms with E-state index in [0.717, 1.165) is 6.61 Å². The number of nitrogens with one attached hydrogen (secondary N) is 1. The molecule has 5 heavy (non-hydrogen) atoms. The molecule has 0 saturated carbocycles. The SMILES string of the molecule is C1=[NH+]COC1. The summed E-state index contributed by atoms with van der Waals surface area (Å²) in [6, 6.07) is 0. The summed E-state index contributed by atoms with van der Waals surface area (Å²) in [5.74, 6) is 0. The molecule has 28 valence electrons. The van der Waals surface area contributed by atoms with Crippen LogP contribution in [0.1, 0.15) is 0 Å². The van der Waals surface area contributed by atoms with Crippen molar-refractivity contribution in [1.82, 2.24) is 0 Å². The Hall–Kier alpha value is -0.370. The van der Waals surface area contributed by atoms with Gasteiger partial charge >= 0.3 is 0 Å². The molecule has 1 aliphatic rings. The molecule has 0 unspecified atom stereocenters. The molecule has 0 aromatic heterocycles. The normalized spacial score (nSPS) is 20.8. The first kappa shape index (κ1) is 2.85. The summed E-state index contributed by atoms with van der Waals surface area (Å²) in [5, 5.41) is 0. The molecule has 1 rings (SSSR count). The summed E-state index contributed by atoms with van der Waals surface area (Å²) in [7, 11) is 0. The van der Waals surface area contributed by atoms with Crippen molar-refractivity contribution in [3.05, 3.63) is 0 Å². The Morgan fingerprint density at radius 1 is 1.80 bits per heavy atom. The average Bonchev–Trinajstić information content (AvgIpc) is 1.76. The van der Waals surface area contributed by atoms with Crippen molar-refractivity contribution in [3.63, 3.8) is 0 Å². The van der Waals surface area contributed by atoms with Gasteiger partial charge in [0.25, 0.3) is 0 Å². The molecule has 0 aromatic carbocycles. The van der Waals surface area contributed by atoms with Gasteiger partial charge in [-0.05, 0) is 0 Å². The van der Waals surface area contributed by atoms with E-state index in [2.05, 4.69) is 4.99 Å². The minimum Gasteiger partial charge on any atom is -0.313 e. The van der Waals surface area contributed by atoms with Crippen molar-refractivity contribution >= 4 is 6.21 Å². The van der Waals surface area contributed by atoms with Crippen LogP contribution in [0, 0.1) is 0 Å².